The van der Waals surface area contributed by atoms with E-state index in [2.05, 4.69) is 15.2 Å². The van der Waals surface area contributed by atoms with E-state index in [-0.39, 0.29) is 10.7 Å². The lowest BCUT2D eigenvalue weighted by molar-refractivity contribution is -0.139. The molecule has 0 saturated heterocycles. The summed E-state index contributed by atoms with van der Waals surface area (Å²) in [5, 5.41) is 25.3. The van der Waals surface area contributed by atoms with Crippen molar-refractivity contribution in [1.29, 1.82) is 0 Å². The summed E-state index contributed by atoms with van der Waals surface area (Å²) in [5.74, 6) is -0.986. The van der Waals surface area contributed by atoms with Crippen LogP contribution in [-0.2, 0) is 16.0 Å². The minimum absolute atomic E-state index is 0.0220. The summed E-state index contributed by atoms with van der Waals surface area (Å²) in [5.41, 5.74) is 0.551. The number of aromatic amines is 1. The van der Waals surface area contributed by atoms with Crippen molar-refractivity contribution in [2.75, 3.05) is 13.7 Å². The largest absolute Gasteiger partial charge is 0.493 e. The molecule has 11 heteroatoms. The second kappa shape index (κ2) is 9.60. The quantitative estimate of drug-likeness (QED) is 0.267. The Hall–Kier alpha value is -2.28. The number of aliphatic carboxylic acids is 2. The van der Waals surface area contributed by atoms with E-state index in [1.807, 2.05) is 29.5 Å². The van der Waals surface area contributed by atoms with Gasteiger partial charge in [-0.05, 0) is 58.1 Å². The highest BCUT2D eigenvalue weighted by atomic mass is 127. The van der Waals surface area contributed by atoms with Crippen LogP contribution in [0.1, 0.15) is 18.3 Å². The molecule has 1 heterocycles. The second-order valence-corrected chi connectivity index (χ2v) is 7.22. The lowest BCUT2D eigenvalue weighted by Gasteiger charge is -2.12. The standard InChI is InChI=1S/C16H16IN3O6S/c1-3-12-18-16(20-19-12)27-11(15(23)24)6-8-4-9(17)14(10(5-8)25-2)26-7-13(21)22/h4-6H,3,7H2,1-2H3,(H,21,22)(H,23,24)(H,18,19,20)/b11-6-. The van der Waals surface area contributed by atoms with Gasteiger partial charge in [-0.3, -0.25) is 5.10 Å². The van der Waals surface area contributed by atoms with Gasteiger partial charge < -0.3 is 19.7 Å². The highest BCUT2D eigenvalue weighted by molar-refractivity contribution is 14.1. The van der Waals surface area contributed by atoms with Crippen molar-refractivity contribution >= 4 is 52.4 Å². The van der Waals surface area contributed by atoms with Crippen LogP contribution in [0.4, 0.5) is 0 Å². The number of carboxylic acids is 2. The van der Waals surface area contributed by atoms with E-state index in [9.17, 15) is 14.7 Å². The maximum Gasteiger partial charge on any atom is 0.342 e. The van der Waals surface area contributed by atoms with Gasteiger partial charge in [0.15, 0.2) is 18.1 Å². The first-order valence-electron chi connectivity index (χ1n) is 7.60. The van der Waals surface area contributed by atoms with Crippen molar-refractivity contribution in [2.24, 2.45) is 0 Å². The van der Waals surface area contributed by atoms with Crippen LogP contribution in [-0.4, -0.2) is 51.0 Å². The fourth-order valence-corrected chi connectivity index (χ4v) is 3.47. The Bertz CT molecular complexity index is 883. The number of aromatic nitrogens is 3. The van der Waals surface area contributed by atoms with Crippen molar-refractivity contribution in [3.8, 4) is 11.5 Å². The smallest absolute Gasteiger partial charge is 0.342 e. The second-order valence-electron chi connectivity index (χ2n) is 5.05. The van der Waals surface area contributed by atoms with E-state index in [1.54, 1.807) is 12.1 Å². The molecule has 0 fully saturated rings. The SMILES string of the molecule is CCc1nc(S/C(=C\c2cc(I)c(OCC(=O)O)c(OC)c2)C(=O)O)n[nH]1. The lowest BCUT2D eigenvalue weighted by Crippen LogP contribution is -2.11. The summed E-state index contributed by atoms with van der Waals surface area (Å²) in [4.78, 5) is 26.5. The number of H-pyrrole nitrogens is 1. The molecule has 3 N–H and O–H groups in total. The number of nitrogens with zero attached hydrogens (tertiary/aromatic N) is 2. The number of carboxylic acid groups (broad SMARTS) is 2. The Balaban J connectivity index is 2.34. The number of carbonyl (C=O) groups is 2. The molecule has 1 aromatic carbocycles. The monoisotopic (exact) mass is 505 g/mol. The summed E-state index contributed by atoms with van der Waals surface area (Å²) >= 11 is 2.89. The fourth-order valence-electron chi connectivity index (χ4n) is 1.96. The number of hydrogen-bond donors (Lipinski definition) is 3. The van der Waals surface area contributed by atoms with Crippen LogP contribution in [0.3, 0.4) is 0 Å². The van der Waals surface area contributed by atoms with Gasteiger partial charge in [0.2, 0.25) is 5.16 Å². The van der Waals surface area contributed by atoms with Gasteiger partial charge in [-0.25, -0.2) is 14.6 Å². The molecule has 2 aromatic rings. The molecule has 0 amide bonds. The highest BCUT2D eigenvalue weighted by Gasteiger charge is 2.16. The van der Waals surface area contributed by atoms with Crippen molar-refractivity contribution in [3.05, 3.63) is 32.0 Å². The van der Waals surface area contributed by atoms with E-state index in [1.165, 1.54) is 13.2 Å². The van der Waals surface area contributed by atoms with Crippen LogP contribution in [0.25, 0.3) is 6.08 Å². The number of rotatable bonds is 9. The predicted molar refractivity (Wildman–Crippen MR) is 106 cm³/mol. The van der Waals surface area contributed by atoms with Crippen LogP contribution < -0.4 is 9.47 Å². The molecule has 0 aliphatic heterocycles. The Morgan fingerprint density at radius 2 is 2.11 bits per heavy atom. The van der Waals surface area contributed by atoms with E-state index in [0.29, 0.717) is 32.3 Å². The molecule has 0 aliphatic rings. The molecule has 1 aromatic heterocycles. The minimum Gasteiger partial charge on any atom is -0.493 e. The Morgan fingerprint density at radius 1 is 1.37 bits per heavy atom. The molecule has 0 atom stereocenters. The molecule has 27 heavy (non-hydrogen) atoms. The molecule has 0 unspecified atom stereocenters. The number of nitrogens with one attached hydrogen (secondary N) is 1. The molecule has 0 saturated carbocycles. The van der Waals surface area contributed by atoms with Crippen LogP contribution in [0.15, 0.2) is 22.2 Å². The summed E-state index contributed by atoms with van der Waals surface area (Å²) in [6.45, 7) is 1.40. The molecule has 144 valence electrons. The zero-order valence-corrected chi connectivity index (χ0v) is 17.3. The van der Waals surface area contributed by atoms with Gasteiger partial charge >= 0.3 is 11.9 Å². The van der Waals surface area contributed by atoms with Gasteiger partial charge in [0.05, 0.1) is 10.7 Å². The van der Waals surface area contributed by atoms with Crippen molar-refractivity contribution in [3.63, 3.8) is 0 Å². The molecule has 2 rings (SSSR count). The summed E-state index contributed by atoms with van der Waals surface area (Å²) < 4.78 is 11.1. The van der Waals surface area contributed by atoms with Crippen molar-refractivity contribution in [2.45, 2.75) is 18.5 Å². The third kappa shape index (κ3) is 5.85. The van der Waals surface area contributed by atoms with Crippen LogP contribution in [0.5, 0.6) is 11.5 Å². The highest BCUT2D eigenvalue weighted by Crippen LogP contribution is 2.35. The summed E-state index contributed by atoms with van der Waals surface area (Å²) in [7, 11) is 1.42. The van der Waals surface area contributed by atoms with Gasteiger partial charge in [0.1, 0.15) is 10.7 Å². The zero-order chi connectivity index (χ0) is 20.0. The lowest BCUT2D eigenvalue weighted by atomic mass is 10.2. The average molecular weight is 505 g/mol. The molecule has 0 bridgehead atoms. The first kappa shape index (κ1) is 21.0. The fraction of sp³-hybridized carbons (Fsp3) is 0.250. The van der Waals surface area contributed by atoms with Gasteiger partial charge in [-0.15, -0.1) is 5.10 Å². The maximum absolute atomic E-state index is 11.6. The Morgan fingerprint density at radius 3 is 2.67 bits per heavy atom. The predicted octanol–water partition coefficient (Wildman–Crippen LogP) is 2.66. The van der Waals surface area contributed by atoms with Gasteiger partial charge in [0, 0.05) is 6.42 Å². The maximum atomic E-state index is 11.6. The number of aryl methyl sites for hydroxylation is 1. The number of halogens is 1. The molecular formula is C16H16IN3O6S. The van der Waals surface area contributed by atoms with E-state index >= 15 is 0 Å². The molecule has 0 spiro atoms. The normalized spacial score (nSPS) is 11.3. The molecule has 9 nitrogen and oxygen atoms in total. The molecule has 0 aliphatic carbocycles. The zero-order valence-electron chi connectivity index (χ0n) is 14.4. The van der Waals surface area contributed by atoms with Crippen LogP contribution >= 0.6 is 34.4 Å². The number of methoxy groups -OCH3 is 1. The average Bonchev–Trinajstić information content (AvgIpc) is 3.07. The van der Waals surface area contributed by atoms with Gasteiger partial charge in [0.25, 0.3) is 0 Å². The number of benzene rings is 1. The first-order chi connectivity index (χ1) is 12.8. The van der Waals surface area contributed by atoms with E-state index in [0.717, 1.165) is 11.8 Å². The topological polar surface area (TPSA) is 135 Å². The van der Waals surface area contributed by atoms with Gasteiger partial charge in [-0.1, -0.05) is 6.92 Å². The van der Waals surface area contributed by atoms with Crippen molar-refractivity contribution in [1.82, 2.24) is 15.2 Å². The van der Waals surface area contributed by atoms with E-state index < -0.39 is 18.5 Å². The number of ether oxygens (including phenoxy) is 2. The van der Waals surface area contributed by atoms with Gasteiger partial charge in [-0.2, -0.15) is 0 Å². The Labute approximate surface area is 172 Å². The molecular weight excluding hydrogens is 489 g/mol. The minimum atomic E-state index is -1.12. The van der Waals surface area contributed by atoms with Crippen molar-refractivity contribution < 1.29 is 29.3 Å². The third-order valence-electron chi connectivity index (χ3n) is 3.15. The molecule has 0 radical (unpaired) electrons. The number of thioether (sulfide) groups is 1. The first-order valence-corrected chi connectivity index (χ1v) is 9.49. The van der Waals surface area contributed by atoms with E-state index in [4.69, 9.17) is 14.6 Å². The van der Waals surface area contributed by atoms with Crippen LogP contribution in [0, 0.1) is 3.57 Å². The van der Waals surface area contributed by atoms with Crippen LogP contribution in [0.2, 0.25) is 0 Å². The summed E-state index contributed by atoms with van der Waals surface area (Å²) in [6, 6.07) is 3.23. The number of hydrogen-bond acceptors (Lipinski definition) is 7. The Kier molecular flexibility index (Phi) is 7.47. The third-order valence-corrected chi connectivity index (χ3v) is 4.83. The summed E-state index contributed by atoms with van der Waals surface area (Å²) in [6.07, 6.45) is 2.12.